The highest BCUT2D eigenvalue weighted by molar-refractivity contribution is 5.81. The molecule has 2 atom stereocenters. The predicted octanol–water partition coefficient (Wildman–Crippen LogP) is 3.44. The fourth-order valence-corrected chi connectivity index (χ4v) is 2.50. The van der Waals surface area contributed by atoms with E-state index in [2.05, 4.69) is 20.8 Å². The van der Waals surface area contributed by atoms with E-state index < -0.39 is 0 Å². The van der Waals surface area contributed by atoms with Crippen LogP contribution in [0.4, 0.5) is 0 Å². The van der Waals surface area contributed by atoms with Crippen molar-refractivity contribution in [3.05, 3.63) is 0 Å². The van der Waals surface area contributed by atoms with Crippen molar-refractivity contribution < 1.29 is 9.53 Å². The van der Waals surface area contributed by atoms with E-state index in [1.165, 1.54) is 0 Å². The highest BCUT2D eigenvalue weighted by Gasteiger charge is 2.29. The van der Waals surface area contributed by atoms with E-state index >= 15 is 0 Å². The van der Waals surface area contributed by atoms with E-state index in [9.17, 15) is 4.79 Å². The van der Waals surface area contributed by atoms with Crippen molar-refractivity contribution in [2.24, 2.45) is 17.8 Å². The Kier molecular flexibility index (Phi) is 6.04. The Morgan fingerprint density at radius 3 is 2.75 bits per heavy atom. The first-order valence-corrected chi connectivity index (χ1v) is 6.75. The van der Waals surface area contributed by atoms with Crippen LogP contribution in [0.2, 0.25) is 0 Å². The summed E-state index contributed by atoms with van der Waals surface area (Å²) in [6.07, 6.45) is 4.98. The van der Waals surface area contributed by atoms with Gasteiger partial charge in [0.25, 0.3) is 0 Å². The molecule has 0 radical (unpaired) electrons. The van der Waals surface area contributed by atoms with Gasteiger partial charge in [-0.25, -0.2) is 0 Å². The Bertz CT molecular complexity index is 211. The lowest BCUT2D eigenvalue weighted by molar-refractivity contribution is -0.126. The van der Waals surface area contributed by atoms with Gasteiger partial charge in [-0.3, -0.25) is 4.79 Å². The summed E-state index contributed by atoms with van der Waals surface area (Å²) in [6, 6.07) is 0. The van der Waals surface area contributed by atoms with E-state index in [4.69, 9.17) is 4.74 Å². The molecule has 0 N–H and O–H groups in total. The van der Waals surface area contributed by atoms with Crippen LogP contribution in [0.5, 0.6) is 0 Å². The minimum atomic E-state index is 0.276. The summed E-state index contributed by atoms with van der Waals surface area (Å²) in [4.78, 5) is 11.8. The second-order valence-electron chi connectivity index (χ2n) is 5.34. The van der Waals surface area contributed by atoms with E-state index in [0.717, 1.165) is 51.2 Å². The van der Waals surface area contributed by atoms with Crippen molar-refractivity contribution in [1.82, 2.24) is 0 Å². The van der Waals surface area contributed by atoms with Gasteiger partial charge in [-0.2, -0.15) is 0 Å². The van der Waals surface area contributed by atoms with E-state index in [1.807, 2.05) is 0 Å². The standard InChI is InChI=1S/C14H26O2/c1-4-8-16-9-7-13-10-12(11(2)3)5-6-14(13)15/h11-13H,4-10H2,1-3H3. The first-order chi connectivity index (χ1) is 7.65. The third-order valence-corrected chi connectivity index (χ3v) is 3.71. The topological polar surface area (TPSA) is 26.3 Å². The molecule has 2 heteroatoms. The predicted molar refractivity (Wildman–Crippen MR) is 66.4 cm³/mol. The van der Waals surface area contributed by atoms with Crippen molar-refractivity contribution in [2.75, 3.05) is 13.2 Å². The molecule has 0 aromatic rings. The van der Waals surface area contributed by atoms with Gasteiger partial charge in [0.2, 0.25) is 0 Å². The molecule has 16 heavy (non-hydrogen) atoms. The first kappa shape index (κ1) is 13.7. The largest absolute Gasteiger partial charge is 0.381 e. The van der Waals surface area contributed by atoms with Crippen molar-refractivity contribution in [3.63, 3.8) is 0 Å². The monoisotopic (exact) mass is 226 g/mol. The van der Waals surface area contributed by atoms with Gasteiger partial charge in [0, 0.05) is 25.6 Å². The fraction of sp³-hybridized carbons (Fsp3) is 0.929. The Balaban J connectivity index is 2.29. The number of ketones is 1. The van der Waals surface area contributed by atoms with Crippen molar-refractivity contribution in [2.45, 2.75) is 52.9 Å². The van der Waals surface area contributed by atoms with Gasteiger partial charge in [0.1, 0.15) is 5.78 Å². The molecule has 94 valence electrons. The van der Waals surface area contributed by atoms with Crippen molar-refractivity contribution in [1.29, 1.82) is 0 Å². The maximum atomic E-state index is 11.8. The van der Waals surface area contributed by atoms with Crippen LogP contribution in [0.25, 0.3) is 0 Å². The summed E-state index contributed by atoms with van der Waals surface area (Å²) in [5.74, 6) is 2.20. The smallest absolute Gasteiger partial charge is 0.136 e. The zero-order chi connectivity index (χ0) is 12.0. The zero-order valence-electron chi connectivity index (χ0n) is 11.0. The fourth-order valence-electron chi connectivity index (χ4n) is 2.50. The molecule has 1 fully saturated rings. The summed E-state index contributed by atoms with van der Waals surface area (Å²) >= 11 is 0. The van der Waals surface area contributed by atoms with Crippen molar-refractivity contribution >= 4 is 5.78 Å². The van der Waals surface area contributed by atoms with E-state index in [-0.39, 0.29) is 5.92 Å². The van der Waals surface area contributed by atoms with Gasteiger partial charge in [-0.05, 0) is 37.5 Å². The summed E-state index contributed by atoms with van der Waals surface area (Å²) < 4.78 is 5.48. The molecule has 2 nitrogen and oxygen atoms in total. The second-order valence-corrected chi connectivity index (χ2v) is 5.34. The summed E-state index contributed by atoms with van der Waals surface area (Å²) in [7, 11) is 0. The maximum Gasteiger partial charge on any atom is 0.136 e. The number of Topliss-reactive ketones (excluding diaryl/α,β-unsaturated/α-hetero) is 1. The molecule has 0 aromatic heterocycles. The summed E-state index contributed by atoms with van der Waals surface area (Å²) in [5.41, 5.74) is 0. The SMILES string of the molecule is CCCOCCC1CC(C(C)C)CCC1=O. The van der Waals surface area contributed by atoms with Crippen LogP contribution in [-0.4, -0.2) is 19.0 Å². The summed E-state index contributed by atoms with van der Waals surface area (Å²) in [6.45, 7) is 8.24. The van der Waals surface area contributed by atoms with Crippen molar-refractivity contribution in [3.8, 4) is 0 Å². The molecule has 0 amide bonds. The molecule has 0 aliphatic heterocycles. The molecule has 0 bridgehead atoms. The molecule has 0 saturated heterocycles. The van der Waals surface area contributed by atoms with Gasteiger partial charge in [0.05, 0.1) is 0 Å². The molecule has 0 heterocycles. The minimum Gasteiger partial charge on any atom is -0.381 e. The van der Waals surface area contributed by atoms with E-state index in [1.54, 1.807) is 0 Å². The lowest BCUT2D eigenvalue weighted by Crippen LogP contribution is -2.28. The van der Waals surface area contributed by atoms with Crippen LogP contribution >= 0.6 is 0 Å². The Morgan fingerprint density at radius 2 is 2.12 bits per heavy atom. The number of hydrogen-bond acceptors (Lipinski definition) is 2. The average Bonchev–Trinajstić information content (AvgIpc) is 2.26. The van der Waals surface area contributed by atoms with Crippen LogP contribution < -0.4 is 0 Å². The third-order valence-electron chi connectivity index (χ3n) is 3.71. The summed E-state index contributed by atoms with van der Waals surface area (Å²) in [5, 5.41) is 0. The van der Waals surface area contributed by atoms with Gasteiger partial charge >= 0.3 is 0 Å². The van der Waals surface area contributed by atoms with E-state index in [0.29, 0.717) is 11.7 Å². The first-order valence-electron chi connectivity index (χ1n) is 6.75. The maximum absolute atomic E-state index is 11.8. The number of rotatable bonds is 6. The quantitative estimate of drug-likeness (QED) is 0.648. The number of carbonyl (C=O) groups is 1. The van der Waals surface area contributed by atoms with Crippen LogP contribution in [0.1, 0.15) is 52.9 Å². The minimum absolute atomic E-state index is 0.276. The molecule has 0 aromatic carbocycles. The molecule has 1 rings (SSSR count). The number of ether oxygens (including phenoxy) is 1. The molecule has 1 saturated carbocycles. The molecule has 2 unspecified atom stereocenters. The van der Waals surface area contributed by atoms with Crippen LogP contribution in [0, 0.1) is 17.8 Å². The number of carbonyl (C=O) groups excluding carboxylic acids is 1. The zero-order valence-corrected chi connectivity index (χ0v) is 11.0. The van der Waals surface area contributed by atoms with Gasteiger partial charge < -0.3 is 4.74 Å². The van der Waals surface area contributed by atoms with Gasteiger partial charge in [-0.1, -0.05) is 20.8 Å². The third kappa shape index (κ3) is 4.25. The van der Waals surface area contributed by atoms with Crippen LogP contribution in [-0.2, 0) is 9.53 Å². The Hall–Kier alpha value is -0.370. The Labute approximate surface area is 99.8 Å². The van der Waals surface area contributed by atoms with Gasteiger partial charge in [0.15, 0.2) is 0 Å². The lowest BCUT2D eigenvalue weighted by atomic mass is 9.74. The highest BCUT2D eigenvalue weighted by Crippen LogP contribution is 2.33. The lowest BCUT2D eigenvalue weighted by Gasteiger charge is -2.30. The molecular weight excluding hydrogens is 200 g/mol. The molecule has 1 aliphatic rings. The van der Waals surface area contributed by atoms with Crippen LogP contribution in [0.15, 0.2) is 0 Å². The average molecular weight is 226 g/mol. The number of hydrogen-bond donors (Lipinski definition) is 0. The van der Waals surface area contributed by atoms with Gasteiger partial charge in [-0.15, -0.1) is 0 Å². The molecular formula is C14H26O2. The Morgan fingerprint density at radius 1 is 1.38 bits per heavy atom. The molecule has 0 spiro atoms. The molecule has 1 aliphatic carbocycles. The normalized spacial score (nSPS) is 26.4. The van der Waals surface area contributed by atoms with Crippen LogP contribution in [0.3, 0.4) is 0 Å². The second kappa shape index (κ2) is 7.05. The highest BCUT2D eigenvalue weighted by atomic mass is 16.5.